The van der Waals surface area contributed by atoms with Gasteiger partial charge < -0.3 is 10.0 Å². The Morgan fingerprint density at radius 1 is 1.14 bits per heavy atom. The van der Waals surface area contributed by atoms with E-state index in [0.29, 0.717) is 12.5 Å². The summed E-state index contributed by atoms with van der Waals surface area (Å²) in [6, 6.07) is 0.284. The highest BCUT2D eigenvalue weighted by Crippen LogP contribution is 2.16. The van der Waals surface area contributed by atoms with Gasteiger partial charge >= 0.3 is 0 Å². The van der Waals surface area contributed by atoms with Crippen LogP contribution in [0.1, 0.15) is 33.1 Å². The smallest absolute Gasteiger partial charge is 0.236 e. The minimum absolute atomic E-state index is 0.237. The molecule has 2 aliphatic heterocycles. The minimum Gasteiger partial charge on any atom is -0.395 e. The molecule has 2 aliphatic rings. The van der Waals surface area contributed by atoms with Crippen molar-refractivity contribution < 1.29 is 9.90 Å². The number of carbonyl (C=O) groups is 1. The molecule has 2 saturated heterocycles. The predicted octanol–water partition coefficient (Wildman–Crippen LogP) is 0.633. The fourth-order valence-corrected chi connectivity index (χ4v) is 3.34. The van der Waals surface area contributed by atoms with Gasteiger partial charge in [0.25, 0.3) is 0 Å². The maximum absolute atomic E-state index is 12.3. The number of aliphatic hydroxyl groups is 1. The van der Waals surface area contributed by atoms with Crippen LogP contribution in [0.5, 0.6) is 0 Å². The molecule has 0 saturated carbocycles. The zero-order chi connectivity index (χ0) is 15.2. The molecular weight excluding hydrogens is 266 g/mol. The molecule has 5 heteroatoms. The van der Waals surface area contributed by atoms with Crippen LogP contribution in [0.4, 0.5) is 0 Å². The molecule has 0 aromatic heterocycles. The van der Waals surface area contributed by atoms with Gasteiger partial charge in [-0.25, -0.2) is 0 Å². The lowest BCUT2D eigenvalue weighted by atomic mass is 9.99. The summed E-state index contributed by atoms with van der Waals surface area (Å²) in [6.07, 6.45) is 3.28. The second-order valence-corrected chi connectivity index (χ2v) is 6.62. The third kappa shape index (κ3) is 4.66. The molecule has 2 rings (SSSR count). The van der Waals surface area contributed by atoms with Crippen LogP contribution >= 0.6 is 0 Å². The first-order chi connectivity index (χ1) is 10.1. The molecule has 0 radical (unpaired) electrons. The zero-order valence-electron chi connectivity index (χ0n) is 13.6. The molecule has 2 fully saturated rings. The highest BCUT2D eigenvalue weighted by molar-refractivity contribution is 5.78. The van der Waals surface area contributed by atoms with Crippen molar-refractivity contribution in [3.05, 3.63) is 0 Å². The van der Waals surface area contributed by atoms with E-state index in [1.54, 1.807) is 0 Å². The van der Waals surface area contributed by atoms with Crippen LogP contribution < -0.4 is 0 Å². The van der Waals surface area contributed by atoms with E-state index >= 15 is 0 Å². The van der Waals surface area contributed by atoms with Gasteiger partial charge in [0.1, 0.15) is 0 Å². The summed E-state index contributed by atoms with van der Waals surface area (Å²) in [5.41, 5.74) is 0. The van der Waals surface area contributed by atoms with Gasteiger partial charge in [-0.2, -0.15) is 0 Å². The molecule has 1 N–H and O–H groups in total. The van der Waals surface area contributed by atoms with E-state index in [0.717, 1.165) is 64.4 Å². The summed E-state index contributed by atoms with van der Waals surface area (Å²) < 4.78 is 0. The topological polar surface area (TPSA) is 47.0 Å². The van der Waals surface area contributed by atoms with Gasteiger partial charge in [-0.1, -0.05) is 13.8 Å². The number of amides is 1. The van der Waals surface area contributed by atoms with E-state index < -0.39 is 0 Å². The van der Waals surface area contributed by atoms with E-state index in [1.807, 2.05) is 4.90 Å². The van der Waals surface area contributed by atoms with Gasteiger partial charge in [0.05, 0.1) is 13.2 Å². The van der Waals surface area contributed by atoms with Crippen LogP contribution in [0.15, 0.2) is 0 Å². The van der Waals surface area contributed by atoms with Crippen molar-refractivity contribution in [3.8, 4) is 0 Å². The molecule has 21 heavy (non-hydrogen) atoms. The van der Waals surface area contributed by atoms with Gasteiger partial charge in [-0.05, 0) is 25.2 Å². The van der Waals surface area contributed by atoms with Crippen LogP contribution in [0.3, 0.4) is 0 Å². The Morgan fingerprint density at radius 3 is 2.29 bits per heavy atom. The Balaban J connectivity index is 1.72. The molecule has 0 bridgehead atoms. The third-order valence-electron chi connectivity index (χ3n) is 5.10. The van der Waals surface area contributed by atoms with Crippen molar-refractivity contribution in [1.29, 1.82) is 0 Å². The highest BCUT2D eigenvalue weighted by atomic mass is 16.3. The quantitative estimate of drug-likeness (QED) is 0.809. The van der Waals surface area contributed by atoms with Crippen LogP contribution in [0, 0.1) is 5.92 Å². The molecular formula is C16H31N3O2. The van der Waals surface area contributed by atoms with Crippen molar-refractivity contribution in [2.75, 3.05) is 52.4 Å². The Labute approximate surface area is 128 Å². The van der Waals surface area contributed by atoms with E-state index in [2.05, 4.69) is 23.6 Å². The Bertz CT molecular complexity index is 317. The number of piperidine rings is 1. The largest absolute Gasteiger partial charge is 0.395 e. The second-order valence-electron chi connectivity index (χ2n) is 6.62. The zero-order valence-corrected chi connectivity index (χ0v) is 13.6. The van der Waals surface area contributed by atoms with Crippen LogP contribution in [-0.4, -0.2) is 84.2 Å². The molecule has 0 spiro atoms. The molecule has 5 nitrogen and oxygen atoms in total. The molecule has 0 aliphatic carbocycles. The molecule has 0 aromatic carbocycles. The summed E-state index contributed by atoms with van der Waals surface area (Å²) in [5, 5.41) is 9.37. The fourth-order valence-electron chi connectivity index (χ4n) is 3.34. The first kappa shape index (κ1) is 16.7. The van der Waals surface area contributed by atoms with Crippen molar-refractivity contribution >= 4 is 5.91 Å². The van der Waals surface area contributed by atoms with Gasteiger partial charge in [-0.3, -0.25) is 14.6 Å². The summed E-state index contributed by atoms with van der Waals surface area (Å²) in [5.74, 6) is 1.06. The average molecular weight is 297 g/mol. The van der Waals surface area contributed by atoms with Crippen molar-refractivity contribution in [2.45, 2.75) is 39.2 Å². The second kappa shape index (κ2) is 8.11. The predicted molar refractivity (Wildman–Crippen MR) is 84.2 cm³/mol. The summed E-state index contributed by atoms with van der Waals surface area (Å²) in [7, 11) is 0. The van der Waals surface area contributed by atoms with Gasteiger partial charge in [0.15, 0.2) is 0 Å². The van der Waals surface area contributed by atoms with Gasteiger partial charge in [-0.15, -0.1) is 0 Å². The Kier molecular flexibility index (Phi) is 6.45. The number of rotatable bonds is 5. The normalized spacial score (nSPS) is 24.2. The van der Waals surface area contributed by atoms with Crippen LogP contribution in [0.25, 0.3) is 0 Å². The van der Waals surface area contributed by atoms with E-state index in [-0.39, 0.29) is 12.6 Å². The summed E-state index contributed by atoms with van der Waals surface area (Å²) in [4.78, 5) is 19.0. The number of hydrogen-bond acceptors (Lipinski definition) is 4. The van der Waals surface area contributed by atoms with Crippen molar-refractivity contribution in [3.63, 3.8) is 0 Å². The van der Waals surface area contributed by atoms with E-state index in [9.17, 15) is 9.90 Å². The standard InChI is InChI=1S/C16H31N3O2/c1-3-15(13-20)18-10-8-17(9-11-18)12-16(21)19-6-4-14(2)5-7-19/h14-15,20H,3-13H2,1-2H3. The van der Waals surface area contributed by atoms with Crippen molar-refractivity contribution in [2.24, 2.45) is 5.92 Å². The number of carbonyl (C=O) groups excluding carboxylic acids is 1. The lowest BCUT2D eigenvalue weighted by Crippen LogP contribution is -2.53. The first-order valence-electron chi connectivity index (χ1n) is 8.49. The number of aliphatic hydroxyl groups excluding tert-OH is 1. The summed E-state index contributed by atoms with van der Waals surface area (Å²) >= 11 is 0. The average Bonchev–Trinajstić information content (AvgIpc) is 2.51. The summed E-state index contributed by atoms with van der Waals surface area (Å²) in [6.45, 7) is 10.9. The lowest BCUT2D eigenvalue weighted by molar-refractivity contribution is -0.134. The highest BCUT2D eigenvalue weighted by Gasteiger charge is 2.26. The molecule has 0 aromatic rings. The third-order valence-corrected chi connectivity index (χ3v) is 5.10. The number of hydrogen-bond donors (Lipinski definition) is 1. The van der Waals surface area contributed by atoms with Crippen molar-refractivity contribution in [1.82, 2.24) is 14.7 Å². The maximum Gasteiger partial charge on any atom is 0.236 e. The maximum atomic E-state index is 12.3. The lowest BCUT2D eigenvalue weighted by Gasteiger charge is -2.39. The SMILES string of the molecule is CCC(CO)N1CCN(CC(=O)N2CCC(C)CC2)CC1. The minimum atomic E-state index is 0.237. The Hall–Kier alpha value is -0.650. The van der Waals surface area contributed by atoms with Gasteiger partial charge in [0, 0.05) is 45.3 Å². The molecule has 1 amide bonds. The number of piperazine rings is 1. The Morgan fingerprint density at radius 2 is 1.76 bits per heavy atom. The monoisotopic (exact) mass is 297 g/mol. The van der Waals surface area contributed by atoms with Gasteiger partial charge in [0.2, 0.25) is 5.91 Å². The molecule has 2 heterocycles. The van der Waals surface area contributed by atoms with Crippen LogP contribution in [-0.2, 0) is 4.79 Å². The van der Waals surface area contributed by atoms with E-state index in [1.165, 1.54) is 0 Å². The number of likely N-dealkylation sites (tertiary alicyclic amines) is 1. The first-order valence-corrected chi connectivity index (χ1v) is 8.49. The molecule has 1 unspecified atom stereocenters. The van der Waals surface area contributed by atoms with E-state index in [4.69, 9.17) is 0 Å². The molecule has 122 valence electrons. The fraction of sp³-hybridized carbons (Fsp3) is 0.938. The number of nitrogens with zero attached hydrogens (tertiary/aromatic N) is 3. The van der Waals surface area contributed by atoms with Crippen LogP contribution in [0.2, 0.25) is 0 Å². The molecule has 1 atom stereocenters.